The molecule has 0 saturated carbocycles. The average Bonchev–Trinajstić information content (AvgIpc) is 2.36. The second-order valence-electron chi connectivity index (χ2n) is 4.58. The van der Waals surface area contributed by atoms with Crippen LogP contribution in [0, 0.1) is 5.41 Å². The highest BCUT2D eigenvalue weighted by molar-refractivity contribution is 9.10. The molecule has 0 aliphatic carbocycles. The first-order valence-electron chi connectivity index (χ1n) is 5.52. The van der Waals surface area contributed by atoms with Gasteiger partial charge in [0, 0.05) is 16.1 Å². The molecule has 0 spiro atoms. The average molecular weight is 316 g/mol. The smallest absolute Gasteiger partial charge is 0.313 e. The van der Waals surface area contributed by atoms with E-state index in [1.54, 1.807) is 21.0 Å². The van der Waals surface area contributed by atoms with Crippen molar-refractivity contribution in [1.29, 1.82) is 0 Å². The molecular weight excluding hydrogens is 298 g/mol. The van der Waals surface area contributed by atoms with Crippen molar-refractivity contribution >= 4 is 21.9 Å². The molecule has 18 heavy (non-hydrogen) atoms. The molecular formula is C13H18BrNO3. The third kappa shape index (κ3) is 2.84. The maximum Gasteiger partial charge on any atom is 0.313 e. The molecule has 0 aliphatic heterocycles. The van der Waals surface area contributed by atoms with Gasteiger partial charge in [0.05, 0.1) is 19.6 Å². The minimum atomic E-state index is -0.831. The molecule has 4 nitrogen and oxygen atoms in total. The highest BCUT2D eigenvalue weighted by atomic mass is 79.9. The van der Waals surface area contributed by atoms with Gasteiger partial charge < -0.3 is 15.2 Å². The Morgan fingerprint density at radius 1 is 1.39 bits per heavy atom. The van der Waals surface area contributed by atoms with Gasteiger partial charge in [0.1, 0.15) is 5.75 Å². The van der Waals surface area contributed by atoms with Gasteiger partial charge in [0.2, 0.25) is 0 Å². The summed E-state index contributed by atoms with van der Waals surface area (Å²) in [6, 6.07) is 5.01. The fourth-order valence-corrected chi connectivity index (χ4v) is 2.11. The Bertz CT molecular complexity index is 446. The van der Waals surface area contributed by atoms with Crippen LogP contribution in [-0.4, -0.2) is 20.2 Å². The lowest BCUT2D eigenvalue weighted by molar-refractivity contribution is -0.152. The molecule has 2 N–H and O–H groups in total. The van der Waals surface area contributed by atoms with Gasteiger partial charge in [-0.3, -0.25) is 4.79 Å². The summed E-state index contributed by atoms with van der Waals surface area (Å²) in [6.07, 6.45) is 0. The van der Waals surface area contributed by atoms with Crippen molar-refractivity contribution < 1.29 is 14.3 Å². The van der Waals surface area contributed by atoms with Crippen molar-refractivity contribution in [2.75, 3.05) is 14.2 Å². The van der Waals surface area contributed by atoms with Crippen LogP contribution in [0.5, 0.6) is 5.75 Å². The number of hydrogen-bond acceptors (Lipinski definition) is 4. The number of benzene rings is 1. The van der Waals surface area contributed by atoms with E-state index in [-0.39, 0.29) is 5.97 Å². The Morgan fingerprint density at radius 3 is 2.50 bits per heavy atom. The van der Waals surface area contributed by atoms with Crippen molar-refractivity contribution in [3.8, 4) is 5.75 Å². The SMILES string of the molecule is COC(=O)C(C)(C)C(N)c1cc(Br)ccc1OC. The molecule has 0 fully saturated rings. The normalized spacial score (nSPS) is 13.0. The van der Waals surface area contributed by atoms with Gasteiger partial charge in [-0.05, 0) is 32.0 Å². The number of carbonyl (C=O) groups is 1. The third-order valence-corrected chi connectivity index (χ3v) is 3.51. The second-order valence-corrected chi connectivity index (χ2v) is 5.49. The number of ether oxygens (including phenoxy) is 2. The quantitative estimate of drug-likeness (QED) is 0.868. The molecule has 0 aromatic heterocycles. The minimum Gasteiger partial charge on any atom is -0.496 e. The van der Waals surface area contributed by atoms with Gasteiger partial charge in [-0.1, -0.05) is 15.9 Å². The molecule has 0 heterocycles. The van der Waals surface area contributed by atoms with E-state index in [1.165, 1.54) is 7.11 Å². The Kier molecular flexibility index (Phi) is 4.76. The fourth-order valence-electron chi connectivity index (χ4n) is 1.73. The topological polar surface area (TPSA) is 61.5 Å². The van der Waals surface area contributed by atoms with Gasteiger partial charge >= 0.3 is 5.97 Å². The maximum atomic E-state index is 11.8. The van der Waals surface area contributed by atoms with Crippen LogP contribution >= 0.6 is 15.9 Å². The number of rotatable bonds is 4. The van der Waals surface area contributed by atoms with E-state index in [0.717, 1.165) is 10.0 Å². The van der Waals surface area contributed by atoms with Crippen LogP contribution < -0.4 is 10.5 Å². The molecule has 0 aliphatic rings. The number of hydrogen-bond donors (Lipinski definition) is 1. The summed E-state index contributed by atoms with van der Waals surface area (Å²) >= 11 is 3.39. The third-order valence-electron chi connectivity index (χ3n) is 3.02. The largest absolute Gasteiger partial charge is 0.496 e. The number of esters is 1. The van der Waals surface area contributed by atoms with Gasteiger partial charge in [0.15, 0.2) is 0 Å². The Hall–Kier alpha value is -1.07. The van der Waals surface area contributed by atoms with E-state index in [9.17, 15) is 4.79 Å². The van der Waals surface area contributed by atoms with Crippen LogP contribution in [0.15, 0.2) is 22.7 Å². The zero-order valence-electron chi connectivity index (χ0n) is 11.0. The zero-order chi connectivity index (χ0) is 13.9. The number of carbonyl (C=O) groups excluding carboxylic acids is 1. The van der Waals surface area contributed by atoms with Crippen LogP contribution in [0.25, 0.3) is 0 Å². The number of nitrogens with two attached hydrogens (primary N) is 1. The lowest BCUT2D eigenvalue weighted by Crippen LogP contribution is -2.37. The van der Waals surface area contributed by atoms with Crippen molar-refractivity contribution in [2.24, 2.45) is 11.1 Å². The number of methoxy groups -OCH3 is 2. The highest BCUT2D eigenvalue weighted by Crippen LogP contribution is 2.38. The molecule has 0 bridgehead atoms. The predicted molar refractivity (Wildman–Crippen MR) is 73.4 cm³/mol. The van der Waals surface area contributed by atoms with Gasteiger partial charge in [-0.15, -0.1) is 0 Å². The molecule has 1 unspecified atom stereocenters. The van der Waals surface area contributed by atoms with Crippen molar-refractivity contribution in [1.82, 2.24) is 0 Å². The first-order valence-corrected chi connectivity index (χ1v) is 6.31. The fraction of sp³-hybridized carbons (Fsp3) is 0.462. The molecule has 1 atom stereocenters. The predicted octanol–water partition coefficient (Wildman–Crippen LogP) is 2.66. The molecule has 0 amide bonds. The molecule has 100 valence electrons. The van der Waals surface area contributed by atoms with Crippen molar-refractivity contribution in [2.45, 2.75) is 19.9 Å². The first-order chi connectivity index (χ1) is 8.34. The molecule has 1 rings (SSSR count). The highest BCUT2D eigenvalue weighted by Gasteiger charge is 2.38. The molecule has 1 aromatic rings. The van der Waals surface area contributed by atoms with E-state index in [1.807, 2.05) is 18.2 Å². The summed E-state index contributed by atoms with van der Waals surface area (Å²) in [4.78, 5) is 11.8. The summed E-state index contributed by atoms with van der Waals surface area (Å²) in [5, 5.41) is 0. The van der Waals surface area contributed by atoms with Crippen molar-refractivity contribution in [3.05, 3.63) is 28.2 Å². The van der Waals surface area contributed by atoms with E-state index < -0.39 is 11.5 Å². The summed E-state index contributed by atoms with van der Waals surface area (Å²) in [7, 11) is 2.93. The van der Waals surface area contributed by atoms with E-state index in [4.69, 9.17) is 15.2 Å². The Labute approximate surface area is 116 Å². The van der Waals surface area contributed by atoms with Crippen LogP contribution in [0.2, 0.25) is 0 Å². The van der Waals surface area contributed by atoms with Gasteiger partial charge in [0.25, 0.3) is 0 Å². The van der Waals surface area contributed by atoms with Crippen LogP contribution in [0.1, 0.15) is 25.5 Å². The monoisotopic (exact) mass is 315 g/mol. The molecule has 5 heteroatoms. The van der Waals surface area contributed by atoms with Gasteiger partial charge in [-0.2, -0.15) is 0 Å². The standard InChI is InChI=1S/C13H18BrNO3/c1-13(2,12(16)18-4)11(15)9-7-8(14)5-6-10(9)17-3/h5-7,11H,15H2,1-4H3. The maximum absolute atomic E-state index is 11.8. The minimum absolute atomic E-state index is 0.350. The Balaban J connectivity index is 3.21. The first kappa shape index (κ1) is 15.0. The lowest BCUT2D eigenvalue weighted by Gasteiger charge is -2.30. The van der Waals surface area contributed by atoms with Crippen LogP contribution in [0.4, 0.5) is 0 Å². The lowest BCUT2D eigenvalue weighted by atomic mass is 9.80. The summed E-state index contributed by atoms with van der Waals surface area (Å²) in [6.45, 7) is 3.51. The van der Waals surface area contributed by atoms with Crippen LogP contribution in [0.3, 0.4) is 0 Å². The molecule has 0 radical (unpaired) electrons. The zero-order valence-corrected chi connectivity index (χ0v) is 12.6. The second kappa shape index (κ2) is 5.71. The van der Waals surface area contributed by atoms with E-state index >= 15 is 0 Å². The summed E-state index contributed by atoms with van der Waals surface area (Å²) < 4.78 is 11.0. The molecule has 0 saturated heterocycles. The summed E-state index contributed by atoms with van der Waals surface area (Å²) in [5.74, 6) is 0.305. The number of halogens is 1. The van der Waals surface area contributed by atoms with E-state index in [2.05, 4.69) is 15.9 Å². The Morgan fingerprint density at radius 2 is 2.00 bits per heavy atom. The summed E-state index contributed by atoms with van der Waals surface area (Å²) in [5.41, 5.74) is 6.13. The van der Waals surface area contributed by atoms with Crippen molar-refractivity contribution in [3.63, 3.8) is 0 Å². The molecule has 1 aromatic carbocycles. The van der Waals surface area contributed by atoms with E-state index in [0.29, 0.717) is 5.75 Å². The van der Waals surface area contributed by atoms with Gasteiger partial charge in [-0.25, -0.2) is 0 Å². The van der Waals surface area contributed by atoms with Crippen LogP contribution in [-0.2, 0) is 9.53 Å².